The highest BCUT2D eigenvalue weighted by Crippen LogP contribution is 2.22. The molecule has 132 valence electrons. The zero-order chi connectivity index (χ0) is 17.8. The molecule has 0 aliphatic carbocycles. The lowest BCUT2D eigenvalue weighted by atomic mass is 10.0. The van der Waals surface area contributed by atoms with Gasteiger partial charge >= 0.3 is 5.97 Å². The fourth-order valence-corrected chi connectivity index (χ4v) is 4.46. The van der Waals surface area contributed by atoms with Crippen LogP contribution < -0.4 is 10.1 Å². The van der Waals surface area contributed by atoms with Crippen molar-refractivity contribution >= 4 is 21.7 Å². The van der Waals surface area contributed by atoms with Gasteiger partial charge in [-0.3, -0.25) is 4.79 Å². The van der Waals surface area contributed by atoms with Crippen LogP contribution in [0, 0.1) is 5.82 Å². The van der Waals surface area contributed by atoms with Crippen molar-refractivity contribution in [2.24, 2.45) is 0 Å². The number of carbonyl (C=O) groups excluding carboxylic acids is 2. The first kappa shape index (κ1) is 18.2. The molecule has 0 unspecified atom stereocenters. The lowest BCUT2D eigenvalue weighted by Crippen LogP contribution is -2.48. The summed E-state index contributed by atoms with van der Waals surface area (Å²) in [5.41, 5.74) is -0.855. The predicted octanol–water partition coefficient (Wildman–Crippen LogP) is 0.441. The first-order valence-corrected chi connectivity index (χ1v) is 9.06. The SMILES string of the molecule is C[C@@]1(NC(=O)COC(=O)COc2ccccc2F)CCS(=O)(=O)C1. The Hall–Kier alpha value is -2.16. The number of sulfone groups is 1. The number of hydrogen-bond acceptors (Lipinski definition) is 6. The summed E-state index contributed by atoms with van der Waals surface area (Å²) >= 11 is 0. The van der Waals surface area contributed by atoms with Crippen LogP contribution in [-0.4, -0.2) is 50.6 Å². The number of rotatable bonds is 6. The van der Waals surface area contributed by atoms with Crippen molar-refractivity contribution in [1.29, 1.82) is 0 Å². The Morgan fingerprint density at radius 1 is 1.29 bits per heavy atom. The van der Waals surface area contributed by atoms with E-state index < -0.39 is 46.3 Å². The van der Waals surface area contributed by atoms with Gasteiger partial charge in [0.1, 0.15) is 0 Å². The van der Waals surface area contributed by atoms with Gasteiger partial charge in [0.05, 0.1) is 17.0 Å². The number of hydrogen-bond donors (Lipinski definition) is 1. The lowest BCUT2D eigenvalue weighted by molar-refractivity contribution is -0.150. The van der Waals surface area contributed by atoms with E-state index in [1.54, 1.807) is 13.0 Å². The van der Waals surface area contributed by atoms with E-state index in [1.165, 1.54) is 18.2 Å². The van der Waals surface area contributed by atoms with Gasteiger partial charge in [-0.25, -0.2) is 17.6 Å². The van der Waals surface area contributed by atoms with E-state index in [9.17, 15) is 22.4 Å². The highest BCUT2D eigenvalue weighted by molar-refractivity contribution is 7.91. The van der Waals surface area contributed by atoms with Crippen LogP contribution in [0.4, 0.5) is 4.39 Å². The van der Waals surface area contributed by atoms with Crippen LogP contribution in [0.5, 0.6) is 5.75 Å². The zero-order valence-corrected chi connectivity index (χ0v) is 13.9. The fraction of sp³-hybridized carbons (Fsp3) is 0.467. The predicted molar refractivity (Wildman–Crippen MR) is 82.7 cm³/mol. The molecule has 0 aromatic heterocycles. The molecule has 0 radical (unpaired) electrons. The number of esters is 1. The Kier molecular flexibility index (Phi) is 5.43. The molecule has 24 heavy (non-hydrogen) atoms. The molecule has 0 spiro atoms. The third-order valence-corrected chi connectivity index (χ3v) is 5.39. The van der Waals surface area contributed by atoms with E-state index in [0.717, 1.165) is 0 Å². The summed E-state index contributed by atoms with van der Waals surface area (Å²) in [5, 5.41) is 2.55. The van der Waals surface area contributed by atoms with Gasteiger partial charge < -0.3 is 14.8 Å². The molecule has 2 rings (SSSR count). The number of para-hydroxylation sites is 1. The van der Waals surface area contributed by atoms with E-state index in [-0.39, 0.29) is 17.3 Å². The maximum Gasteiger partial charge on any atom is 0.344 e. The van der Waals surface area contributed by atoms with Crippen molar-refractivity contribution in [3.8, 4) is 5.75 Å². The van der Waals surface area contributed by atoms with E-state index in [4.69, 9.17) is 9.47 Å². The minimum absolute atomic E-state index is 0.0139. The summed E-state index contributed by atoms with van der Waals surface area (Å²) in [6.45, 7) is 0.521. The Bertz CT molecular complexity index is 735. The van der Waals surface area contributed by atoms with Crippen LogP contribution in [0.2, 0.25) is 0 Å². The molecule has 1 amide bonds. The second kappa shape index (κ2) is 7.16. The monoisotopic (exact) mass is 359 g/mol. The van der Waals surface area contributed by atoms with Crippen LogP contribution in [0.15, 0.2) is 24.3 Å². The van der Waals surface area contributed by atoms with Gasteiger partial charge in [-0.05, 0) is 25.5 Å². The topological polar surface area (TPSA) is 98.8 Å². The van der Waals surface area contributed by atoms with Crippen LogP contribution in [0.25, 0.3) is 0 Å². The summed E-state index contributed by atoms with van der Waals surface area (Å²) < 4.78 is 45.9. The molecule has 1 aliphatic heterocycles. The molecule has 1 fully saturated rings. The van der Waals surface area contributed by atoms with Crippen molar-refractivity contribution in [3.05, 3.63) is 30.1 Å². The Balaban J connectivity index is 1.74. The largest absolute Gasteiger partial charge is 0.479 e. The van der Waals surface area contributed by atoms with Crippen LogP contribution in [0.1, 0.15) is 13.3 Å². The van der Waals surface area contributed by atoms with E-state index in [1.807, 2.05) is 0 Å². The normalized spacial score (nSPS) is 21.9. The minimum atomic E-state index is -3.15. The highest BCUT2D eigenvalue weighted by Gasteiger charge is 2.39. The maximum atomic E-state index is 13.3. The molecule has 7 nitrogen and oxygen atoms in total. The first-order chi connectivity index (χ1) is 11.2. The van der Waals surface area contributed by atoms with Crippen LogP contribution in [-0.2, 0) is 24.2 Å². The third-order valence-electron chi connectivity index (χ3n) is 3.49. The smallest absolute Gasteiger partial charge is 0.344 e. The van der Waals surface area contributed by atoms with Crippen molar-refractivity contribution in [2.45, 2.75) is 18.9 Å². The molecule has 1 aromatic rings. The molecule has 1 aliphatic rings. The van der Waals surface area contributed by atoms with Crippen molar-refractivity contribution in [1.82, 2.24) is 5.32 Å². The van der Waals surface area contributed by atoms with Gasteiger partial charge in [-0.1, -0.05) is 12.1 Å². The number of benzene rings is 1. The van der Waals surface area contributed by atoms with Gasteiger partial charge in [-0.15, -0.1) is 0 Å². The van der Waals surface area contributed by atoms with Crippen LogP contribution >= 0.6 is 0 Å². The summed E-state index contributed by atoms with van der Waals surface area (Å²) in [6.07, 6.45) is 0.311. The molecule has 1 heterocycles. The number of amides is 1. The Morgan fingerprint density at radius 2 is 2.00 bits per heavy atom. The molecular weight excluding hydrogens is 341 g/mol. The molecule has 0 bridgehead atoms. The summed E-state index contributed by atoms with van der Waals surface area (Å²) in [5.74, 6) is -2.27. The fourth-order valence-electron chi connectivity index (χ4n) is 2.37. The molecule has 1 atom stereocenters. The van der Waals surface area contributed by atoms with E-state index in [2.05, 4.69) is 5.32 Å². The molecule has 0 saturated carbocycles. The average molecular weight is 359 g/mol. The molecule has 1 saturated heterocycles. The van der Waals surface area contributed by atoms with Crippen LogP contribution in [0.3, 0.4) is 0 Å². The number of halogens is 1. The molecule has 1 aromatic carbocycles. The zero-order valence-electron chi connectivity index (χ0n) is 13.1. The standard InChI is InChI=1S/C15H18FNO6S/c1-15(6-7-24(20,21)10-15)17-13(18)8-23-14(19)9-22-12-5-3-2-4-11(12)16/h2-5H,6-10H2,1H3,(H,17,18)/t15-/m1/s1. The molecule has 9 heteroatoms. The minimum Gasteiger partial charge on any atom is -0.479 e. The third kappa shape index (κ3) is 5.19. The van der Waals surface area contributed by atoms with E-state index in [0.29, 0.717) is 6.42 Å². The van der Waals surface area contributed by atoms with Crippen molar-refractivity contribution < 1.29 is 31.9 Å². The summed E-state index contributed by atoms with van der Waals surface area (Å²) in [6, 6.07) is 5.57. The van der Waals surface area contributed by atoms with Gasteiger partial charge in [0.2, 0.25) is 0 Å². The van der Waals surface area contributed by atoms with E-state index >= 15 is 0 Å². The first-order valence-electron chi connectivity index (χ1n) is 7.24. The number of nitrogens with one attached hydrogen (secondary N) is 1. The molecule has 1 N–H and O–H groups in total. The highest BCUT2D eigenvalue weighted by atomic mass is 32.2. The number of carbonyl (C=O) groups is 2. The lowest BCUT2D eigenvalue weighted by Gasteiger charge is -2.23. The summed E-state index contributed by atoms with van der Waals surface area (Å²) in [7, 11) is -3.15. The Labute approximate surface area is 139 Å². The van der Waals surface area contributed by atoms with Gasteiger partial charge in [0.15, 0.2) is 34.6 Å². The van der Waals surface area contributed by atoms with Crippen molar-refractivity contribution in [2.75, 3.05) is 24.7 Å². The van der Waals surface area contributed by atoms with Gasteiger partial charge in [0.25, 0.3) is 5.91 Å². The van der Waals surface area contributed by atoms with Gasteiger partial charge in [0, 0.05) is 0 Å². The second-order valence-corrected chi connectivity index (χ2v) is 8.01. The average Bonchev–Trinajstić information content (AvgIpc) is 2.77. The van der Waals surface area contributed by atoms with Crippen molar-refractivity contribution in [3.63, 3.8) is 0 Å². The Morgan fingerprint density at radius 3 is 2.62 bits per heavy atom. The van der Waals surface area contributed by atoms with Gasteiger partial charge in [-0.2, -0.15) is 0 Å². The number of ether oxygens (including phenoxy) is 2. The quantitative estimate of drug-likeness (QED) is 0.740. The summed E-state index contributed by atoms with van der Waals surface area (Å²) in [4.78, 5) is 23.3. The maximum absolute atomic E-state index is 13.3. The molecular formula is C15H18FNO6S. The second-order valence-electron chi connectivity index (χ2n) is 5.83.